The van der Waals surface area contributed by atoms with Crippen LogP contribution in [0.25, 0.3) is 0 Å². The molecule has 1 heterocycles. The number of carbonyl (C=O) groups is 1. The number of ether oxygens (including phenoxy) is 1. The number of carbonyl (C=O) groups excluding carboxylic acids is 1. The molecule has 3 rings (SSSR count). The highest BCUT2D eigenvalue weighted by Gasteiger charge is 2.34. The van der Waals surface area contributed by atoms with Crippen molar-refractivity contribution in [3.05, 3.63) is 66.7 Å². The number of hydrogen-bond donors (Lipinski definition) is 1. The number of methoxy groups -OCH3 is 1. The zero-order valence-corrected chi connectivity index (χ0v) is 18.7. The molecule has 0 aromatic heterocycles. The van der Waals surface area contributed by atoms with Crippen LogP contribution < -0.4 is 9.46 Å². The quantitative estimate of drug-likeness (QED) is 0.601. The average molecular weight is 465 g/mol. The molecule has 1 amide bonds. The molecule has 0 radical (unpaired) electrons. The van der Waals surface area contributed by atoms with E-state index in [2.05, 4.69) is 11.3 Å². The Labute approximate surface area is 182 Å². The second kappa shape index (κ2) is 9.11. The Morgan fingerprint density at radius 3 is 2.55 bits per heavy atom. The summed E-state index contributed by atoms with van der Waals surface area (Å²) < 4.78 is 56.8. The molecule has 0 aliphatic carbocycles. The van der Waals surface area contributed by atoms with Crippen LogP contribution in [0, 0.1) is 0 Å². The van der Waals surface area contributed by atoms with Gasteiger partial charge in [-0.05, 0) is 48.9 Å². The molecule has 2 aromatic carbocycles. The van der Waals surface area contributed by atoms with Crippen LogP contribution in [-0.4, -0.2) is 58.8 Å². The molecule has 1 fully saturated rings. The van der Waals surface area contributed by atoms with E-state index in [-0.39, 0.29) is 28.5 Å². The summed E-state index contributed by atoms with van der Waals surface area (Å²) in [7, 11) is -5.62. The zero-order chi connectivity index (χ0) is 22.6. The largest absolute Gasteiger partial charge is 0.497 e. The topological polar surface area (TPSA) is 110 Å². The summed E-state index contributed by atoms with van der Waals surface area (Å²) in [5.74, 6) is 0.0674. The van der Waals surface area contributed by atoms with Crippen molar-refractivity contribution in [3.8, 4) is 5.75 Å². The van der Waals surface area contributed by atoms with Crippen molar-refractivity contribution in [3.63, 3.8) is 0 Å². The van der Waals surface area contributed by atoms with E-state index in [4.69, 9.17) is 4.74 Å². The Morgan fingerprint density at radius 1 is 1.26 bits per heavy atom. The molecule has 1 atom stereocenters. The predicted molar refractivity (Wildman–Crippen MR) is 119 cm³/mol. The van der Waals surface area contributed by atoms with Crippen molar-refractivity contribution < 1.29 is 26.4 Å². The maximum Gasteiger partial charge on any atom is 0.261 e. The maximum absolute atomic E-state index is 13.1. The molecule has 8 nitrogen and oxygen atoms in total. The molecule has 0 spiro atoms. The summed E-state index contributed by atoms with van der Waals surface area (Å²) in [5.41, 5.74) is 0.505. The summed E-state index contributed by atoms with van der Waals surface area (Å²) in [6, 6.07) is 11.6. The van der Waals surface area contributed by atoms with Gasteiger partial charge < -0.3 is 9.64 Å². The second-order valence-electron chi connectivity index (χ2n) is 7.16. The first-order valence-corrected chi connectivity index (χ1v) is 12.8. The number of rotatable bonds is 8. The lowest BCUT2D eigenvalue weighted by atomic mass is 10.1. The fraction of sp³-hybridized carbons (Fsp3) is 0.286. The lowest BCUT2D eigenvalue weighted by Gasteiger charge is -2.27. The summed E-state index contributed by atoms with van der Waals surface area (Å²) in [6.07, 6.45) is 1.87. The molecule has 0 bridgehead atoms. The molecule has 1 N–H and O–H groups in total. The Kier molecular flexibility index (Phi) is 6.71. The van der Waals surface area contributed by atoms with E-state index in [1.807, 2.05) is 0 Å². The summed E-state index contributed by atoms with van der Waals surface area (Å²) in [6.45, 7) is 3.81. The molecule has 1 saturated heterocycles. The van der Waals surface area contributed by atoms with Crippen molar-refractivity contribution in [1.82, 2.24) is 4.90 Å². The van der Waals surface area contributed by atoms with Crippen molar-refractivity contribution in [2.24, 2.45) is 0 Å². The molecular weight excluding hydrogens is 440 g/mol. The molecule has 10 heteroatoms. The van der Waals surface area contributed by atoms with E-state index < -0.39 is 31.8 Å². The third-order valence-corrected chi connectivity index (χ3v) is 8.10. The molecule has 2 aromatic rings. The van der Waals surface area contributed by atoms with E-state index in [0.29, 0.717) is 17.9 Å². The van der Waals surface area contributed by atoms with E-state index in [1.54, 1.807) is 24.3 Å². The van der Waals surface area contributed by atoms with Gasteiger partial charge in [0.05, 0.1) is 23.5 Å². The van der Waals surface area contributed by atoms with Gasteiger partial charge in [0.15, 0.2) is 9.84 Å². The Morgan fingerprint density at radius 2 is 1.97 bits per heavy atom. The van der Waals surface area contributed by atoms with Gasteiger partial charge in [-0.1, -0.05) is 12.1 Å². The van der Waals surface area contributed by atoms with E-state index in [9.17, 15) is 21.6 Å². The Bertz CT molecular complexity index is 1170. The maximum atomic E-state index is 13.1. The molecule has 166 valence electrons. The van der Waals surface area contributed by atoms with Gasteiger partial charge in [-0.15, -0.1) is 6.58 Å². The SMILES string of the molecule is C=CCN(C(=O)c1cccc(S(=O)(=O)Nc2ccc(OC)cc2)c1)C1CCS(=O)(=O)C1. The molecule has 0 saturated carbocycles. The van der Waals surface area contributed by atoms with E-state index >= 15 is 0 Å². The highest BCUT2D eigenvalue weighted by molar-refractivity contribution is 7.92. The lowest BCUT2D eigenvalue weighted by Crippen LogP contribution is -2.41. The van der Waals surface area contributed by atoms with Gasteiger partial charge in [0.2, 0.25) is 0 Å². The summed E-state index contributed by atoms with van der Waals surface area (Å²) >= 11 is 0. The minimum absolute atomic E-state index is 0.0266. The van der Waals surface area contributed by atoms with Crippen molar-refractivity contribution in [2.75, 3.05) is 29.9 Å². The van der Waals surface area contributed by atoms with Crippen LogP contribution in [0.15, 0.2) is 66.1 Å². The minimum atomic E-state index is -3.94. The first kappa shape index (κ1) is 22.8. The van der Waals surface area contributed by atoms with Gasteiger partial charge >= 0.3 is 0 Å². The number of nitrogens with one attached hydrogen (secondary N) is 1. The highest BCUT2D eigenvalue weighted by Crippen LogP contribution is 2.23. The van der Waals surface area contributed by atoms with Gasteiger partial charge in [-0.2, -0.15) is 0 Å². The fourth-order valence-electron chi connectivity index (χ4n) is 3.39. The first-order chi connectivity index (χ1) is 14.6. The number of hydrogen-bond acceptors (Lipinski definition) is 6. The van der Waals surface area contributed by atoms with Crippen LogP contribution >= 0.6 is 0 Å². The molecule has 1 unspecified atom stereocenters. The molecule has 31 heavy (non-hydrogen) atoms. The number of sulfonamides is 1. The normalized spacial score (nSPS) is 17.6. The van der Waals surface area contributed by atoms with E-state index in [0.717, 1.165) is 0 Å². The average Bonchev–Trinajstić information content (AvgIpc) is 3.11. The number of anilines is 1. The van der Waals surface area contributed by atoms with Crippen LogP contribution in [0.2, 0.25) is 0 Å². The number of amides is 1. The van der Waals surface area contributed by atoms with Crippen LogP contribution in [0.3, 0.4) is 0 Å². The monoisotopic (exact) mass is 464 g/mol. The first-order valence-electron chi connectivity index (χ1n) is 9.54. The fourth-order valence-corrected chi connectivity index (χ4v) is 6.23. The lowest BCUT2D eigenvalue weighted by molar-refractivity contribution is 0.0720. The molecule has 1 aliphatic heterocycles. The van der Waals surface area contributed by atoms with Crippen LogP contribution in [-0.2, 0) is 19.9 Å². The zero-order valence-electron chi connectivity index (χ0n) is 17.0. The summed E-state index contributed by atoms with van der Waals surface area (Å²) in [4.78, 5) is 14.4. The van der Waals surface area contributed by atoms with Crippen molar-refractivity contribution in [1.29, 1.82) is 0 Å². The second-order valence-corrected chi connectivity index (χ2v) is 11.1. The highest BCUT2D eigenvalue weighted by atomic mass is 32.2. The Hall–Kier alpha value is -2.85. The smallest absolute Gasteiger partial charge is 0.261 e. The van der Waals surface area contributed by atoms with Crippen molar-refractivity contribution >= 4 is 31.5 Å². The van der Waals surface area contributed by atoms with Crippen LogP contribution in [0.5, 0.6) is 5.75 Å². The van der Waals surface area contributed by atoms with Gasteiger partial charge in [0, 0.05) is 23.8 Å². The van der Waals surface area contributed by atoms with E-state index in [1.165, 1.54) is 42.4 Å². The molecule has 1 aliphatic rings. The van der Waals surface area contributed by atoms with Gasteiger partial charge in [-0.25, -0.2) is 16.8 Å². The minimum Gasteiger partial charge on any atom is -0.497 e. The van der Waals surface area contributed by atoms with Gasteiger partial charge in [0.1, 0.15) is 5.75 Å². The number of nitrogens with zero attached hydrogens (tertiary/aromatic N) is 1. The third kappa shape index (κ3) is 5.45. The molecular formula is C21H24N2O6S2. The van der Waals surface area contributed by atoms with Crippen LogP contribution in [0.4, 0.5) is 5.69 Å². The Balaban J connectivity index is 1.84. The number of benzene rings is 2. The van der Waals surface area contributed by atoms with Crippen molar-refractivity contribution in [2.45, 2.75) is 17.4 Å². The standard InChI is InChI=1S/C21H24N2O6S2/c1-3-12-23(18-11-13-30(25,26)15-18)21(24)16-5-4-6-20(14-16)31(27,28)22-17-7-9-19(29-2)10-8-17/h3-10,14,18,22H,1,11-13,15H2,2H3. The predicted octanol–water partition coefficient (Wildman–Crippen LogP) is 2.31. The van der Waals surface area contributed by atoms with Gasteiger partial charge in [0.25, 0.3) is 15.9 Å². The van der Waals surface area contributed by atoms with Crippen LogP contribution in [0.1, 0.15) is 16.8 Å². The number of sulfone groups is 1. The summed E-state index contributed by atoms with van der Waals surface area (Å²) in [5, 5.41) is 0. The van der Waals surface area contributed by atoms with Gasteiger partial charge in [-0.3, -0.25) is 9.52 Å². The third-order valence-electron chi connectivity index (χ3n) is 4.97.